The highest BCUT2D eigenvalue weighted by atomic mass is 16.5. The van der Waals surface area contributed by atoms with Gasteiger partial charge >= 0.3 is 11.9 Å². The van der Waals surface area contributed by atoms with E-state index >= 15 is 0 Å². The number of nitrogen functional groups attached to an aromatic ring is 1. The van der Waals surface area contributed by atoms with Gasteiger partial charge in [-0.05, 0) is 23.3 Å². The van der Waals surface area contributed by atoms with Crippen molar-refractivity contribution in [1.82, 2.24) is 4.98 Å². The highest BCUT2D eigenvalue weighted by Crippen LogP contribution is 2.26. The van der Waals surface area contributed by atoms with Gasteiger partial charge in [-0.1, -0.05) is 38.1 Å². The van der Waals surface area contributed by atoms with Gasteiger partial charge in [0.1, 0.15) is 5.82 Å². The van der Waals surface area contributed by atoms with E-state index in [4.69, 9.17) is 10.5 Å². The van der Waals surface area contributed by atoms with Crippen molar-refractivity contribution in [1.29, 1.82) is 0 Å². The van der Waals surface area contributed by atoms with E-state index in [9.17, 15) is 19.8 Å². The van der Waals surface area contributed by atoms with Gasteiger partial charge in [-0.15, -0.1) is 0 Å². The van der Waals surface area contributed by atoms with Crippen molar-refractivity contribution in [2.75, 3.05) is 12.8 Å². The number of pyridine rings is 1. The molecule has 0 unspecified atom stereocenters. The minimum atomic E-state index is -2.31. The Morgan fingerprint density at radius 2 is 1.68 bits per heavy atom. The number of aromatic nitrogens is 1. The van der Waals surface area contributed by atoms with Crippen molar-refractivity contribution in [3.05, 3.63) is 48.2 Å². The first-order chi connectivity index (χ1) is 11.9. The Hall–Kier alpha value is -2.93. The van der Waals surface area contributed by atoms with Crippen LogP contribution in [0.25, 0.3) is 11.1 Å². The van der Waals surface area contributed by atoms with Crippen LogP contribution in [0.5, 0.6) is 0 Å². The van der Waals surface area contributed by atoms with E-state index in [-0.39, 0.29) is 6.42 Å². The quantitative estimate of drug-likeness (QED) is 0.686. The monoisotopic (exact) mass is 346 g/mol. The summed E-state index contributed by atoms with van der Waals surface area (Å²) in [5.74, 6) is -2.72. The molecule has 0 saturated heterocycles. The van der Waals surface area contributed by atoms with Crippen molar-refractivity contribution in [3.63, 3.8) is 0 Å². The maximum Gasteiger partial charge on any atom is 0.348 e. The van der Waals surface area contributed by atoms with Crippen molar-refractivity contribution < 1.29 is 24.5 Å². The maximum atomic E-state index is 11.3. The molecule has 0 fully saturated rings. The van der Waals surface area contributed by atoms with Crippen molar-refractivity contribution in [3.8, 4) is 11.1 Å². The zero-order chi connectivity index (χ0) is 19.0. The predicted molar refractivity (Wildman–Crippen MR) is 94.1 cm³/mol. The molecule has 0 amide bonds. The number of hydrogen-bond acceptors (Lipinski definition) is 5. The van der Waals surface area contributed by atoms with Crippen LogP contribution in [0.15, 0.2) is 42.6 Å². The molecule has 0 aliphatic heterocycles. The van der Waals surface area contributed by atoms with Gasteiger partial charge in [0.2, 0.25) is 0 Å². The molecule has 134 valence electrons. The van der Waals surface area contributed by atoms with Crippen LogP contribution in [0, 0.1) is 0 Å². The molecular weight excluding hydrogens is 324 g/mol. The standard InChI is InChI=1S/C16H16N2O5.C2H6/c1-23-16(14(19)20,15(21)22)9-10-4-6-11(7-5-10)12-3-2-8-18-13(12)17;1-2/h2-8H,9H2,1H3,(H2,17,18)(H,19,20)(H,21,22);1-2H3. The number of rotatable bonds is 6. The number of hydrogen-bond donors (Lipinski definition) is 3. The fraction of sp³-hybridized carbons (Fsp3) is 0.278. The van der Waals surface area contributed by atoms with Crippen LogP contribution in [0.1, 0.15) is 19.4 Å². The molecule has 0 spiro atoms. The van der Waals surface area contributed by atoms with Crippen molar-refractivity contribution in [2.24, 2.45) is 0 Å². The molecule has 0 radical (unpaired) electrons. The zero-order valence-electron chi connectivity index (χ0n) is 14.4. The molecule has 25 heavy (non-hydrogen) atoms. The average molecular weight is 346 g/mol. The smallest absolute Gasteiger partial charge is 0.348 e. The summed E-state index contributed by atoms with van der Waals surface area (Å²) in [6, 6.07) is 10.3. The van der Waals surface area contributed by atoms with E-state index in [1.165, 1.54) is 0 Å². The first-order valence-corrected chi connectivity index (χ1v) is 7.72. The lowest BCUT2D eigenvalue weighted by Crippen LogP contribution is -2.50. The largest absolute Gasteiger partial charge is 0.479 e. The van der Waals surface area contributed by atoms with Crippen LogP contribution in [0.4, 0.5) is 5.82 Å². The number of anilines is 1. The number of carbonyl (C=O) groups is 2. The summed E-state index contributed by atoms with van der Waals surface area (Å²) in [6.07, 6.45) is 1.29. The van der Waals surface area contributed by atoms with Gasteiger partial charge in [0.15, 0.2) is 0 Å². The van der Waals surface area contributed by atoms with Gasteiger partial charge in [0, 0.05) is 25.3 Å². The lowest BCUT2D eigenvalue weighted by molar-refractivity contribution is -0.179. The molecule has 1 heterocycles. The Labute approximate surface area is 146 Å². The molecule has 7 nitrogen and oxygen atoms in total. The average Bonchev–Trinajstić information content (AvgIpc) is 2.62. The van der Waals surface area contributed by atoms with Gasteiger partial charge in [-0.2, -0.15) is 0 Å². The number of nitrogens with two attached hydrogens (primary N) is 1. The summed E-state index contributed by atoms with van der Waals surface area (Å²) >= 11 is 0. The number of carboxylic acid groups (broad SMARTS) is 2. The molecule has 1 aromatic carbocycles. The summed E-state index contributed by atoms with van der Waals surface area (Å²) in [5.41, 5.74) is 5.56. The van der Waals surface area contributed by atoms with Crippen LogP contribution in [-0.2, 0) is 20.7 Å². The summed E-state index contributed by atoms with van der Waals surface area (Å²) < 4.78 is 4.77. The fourth-order valence-corrected chi connectivity index (χ4v) is 2.24. The first kappa shape index (κ1) is 20.1. The molecule has 1 aromatic heterocycles. The van der Waals surface area contributed by atoms with E-state index < -0.39 is 17.5 Å². The second kappa shape index (κ2) is 8.79. The van der Waals surface area contributed by atoms with Crippen molar-refractivity contribution in [2.45, 2.75) is 25.9 Å². The molecule has 2 rings (SSSR count). The molecule has 4 N–H and O–H groups in total. The number of aliphatic carboxylic acids is 2. The van der Waals surface area contributed by atoms with Crippen LogP contribution in [-0.4, -0.2) is 39.8 Å². The molecule has 0 atom stereocenters. The van der Waals surface area contributed by atoms with Gasteiger partial charge in [0.25, 0.3) is 5.60 Å². The lowest BCUT2D eigenvalue weighted by atomic mass is 9.93. The number of benzene rings is 1. The third-order valence-corrected chi connectivity index (χ3v) is 3.60. The Morgan fingerprint density at radius 1 is 1.12 bits per heavy atom. The second-order valence-electron chi connectivity index (χ2n) is 4.95. The summed E-state index contributed by atoms with van der Waals surface area (Å²) in [5, 5.41) is 18.4. The highest BCUT2D eigenvalue weighted by molar-refractivity contribution is 6.02. The summed E-state index contributed by atoms with van der Waals surface area (Å²) in [4.78, 5) is 26.6. The molecule has 0 saturated carbocycles. The van der Waals surface area contributed by atoms with Crippen LogP contribution in [0.2, 0.25) is 0 Å². The Kier molecular flexibility index (Phi) is 7.07. The number of ether oxygens (including phenoxy) is 1. The number of nitrogens with zero attached hydrogens (tertiary/aromatic N) is 1. The fourth-order valence-electron chi connectivity index (χ4n) is 2.24. The van der Waals surface area contributed by atoms with E-state index in [0.29, 0.717) is 11.4 Å². The summed E-state index contributed by atoms with van der Waals surface area (Å²) in [7, 11) is 1.06. The molecular formula is C18H22N2O5. The van der Waals surface area contributed by atoms with E-state index in [2.05, 4.69) is 4.98 Å². The minimum Gasteiger partial charge on any atom is -0.479 e. The van der Waals surface area contributed by atoms with Crippen LogP contribution < -0.4 is 5.73 Å². The van der Waals surface area contributed by atoms with Gasteiger partial charge < -0.3 is 20.7 Å². The first-order valence-electron chi connectivity index (χ1n) is 7.72. The van der Waals surface area contributed by atoms with Gasteiger partial charge in [-0.3, -0.25) is 0 Å². The number of carboxylic acids is 2. The third-order valence-electron chi connectivity index (χ3n) is 3.60. The molecule has 0 aliphatic carbocycles. The Bertz CT molecular complexity index is 715. The van der Waals surface area contributed by atoms with Crippen LogP contribution >= 0.6 is 0 Å². The normalized spacial score (nSPS) is 10.5. The molecule has 7 heteroatoms. The van der Waals surface area contributed by atoms with E-state index in [1.54, 1.807) is 36.5 Å². The maximum absolute atomic E-state index is 11.3. The minimum absolute atomic E-state index is 0.295. The Morgan fingerprint density at radius 3 is 2.12 bits per heavy atom. The Balaban J connectivity index is 0.00000151. The van der Waals surface area contributed by atoms with E-state index in [0.717, 1.165) is 18.2 Å². The van der Waals surface area contributed by atoms with Crippen molar-refractivity contribution >= 4 is 17.8 Å². The zero-order valence-corrected chi connectivity index (χ0v) is 14.4. The lowest BCUT2D eigenvalue weighted by Gasteiger charge is -2.23. The highest BCUT2D eigenvalue weighted by Gasteiger charge is 2.47. The second-order valence-corrected chi connectivity index (χ2v) is 4.95. The van der Waals surface area contributed by atoms with Gasteiger partial charge in [0.05, 0.1) is 0 Å². The van der Waals surface area contributed by atoms with E-state index in [1.807, 2.05) is 19.9 Å². The molecule has 0 aliphatic rings. The summed E-state index contributed by atoms with van der Waals surface area (Å²) in [6.45, 7) is 4.00. The molecule has 2 aromatic rings. The SMILES string of the molecule is CC.COC(Cc1ccc(-c2cccnc2N)cc1)(C(=O)O)C(=O)O. The predicted octanol–water partition coefficient (Wildman–Crippen LogP) is 2.45. The number of methoxy groups -OCH3 is 1. The van der Waals surface area contributed by atoms with Gasteiger partial charge in [-0.25, -0.2) is 14.6 Å². The third kappa shape index (κ3) is 4.33. The van der Waals surface area contributed by atoms with Crippen LogP contribution in [0.3, 0.4) is 0 Å². The topological polar surface area (TPSA) is 123 Å². The molecule has 0 bridgehead atoms.